The number of carbonyl (C=O) groups is 2. The van der Waals surface area contributed by atoms with E-state index in [0.717, 1.165) is 41.7 Å². The number of benzene rings is 1. The molecule has 0 radical (unpaired) electrons. The number of urea groups is 1. The van der Waals surface area contributed by atoms with E-state index in [2.05, 4.69) is 15.8 Å². The molecule has 1 aromatic carbocycles. The average molecular weight is 415 g/mol. The van der Waals surface area contributed by atoms with Crippen molar-refractivity contribution in [2.45, 2.75) is 32.6 Å². The summed E-state index contributed by atoms with van der Waals surface area (Å²) in [5.74, 6) is 0.925. The van der Waals surface area contributed by atoms with Crippen LogP contribution in [0.3, 0.4) is 0 Å². The van der Waals surface area contributed by atoms with Crippen LogP contribution >= 0.6 is 11.3 Å². The molecule has 0 saturated heterocycles. The van der Waals surface area contributed by atoms with Gasteiger partial charge in [0.1, 0.15) is 5.00 Å². The fraction of sp³-hybridized carbons (Fsp3) is 0.350. The van der Waals surface area contributed by atoms with Crippen molar-refractivity contribution in [3.8, 4) is 11.5 Å². The van der Waals surface area contributed by atoms with E-state index in [1.54, 1.807) is 19.1 Å². The zero-order valence-corrected chi connectivity index (χ0v) is 16.8. The molecule has 4 rings (SSSR count). The van der Waals surface area contributed by atoms with E-state index in [4.69, 9.17) is 14.2 Å². The number of hydrogen-bond donors (Lipinski definition) is 2. The molecule has 0 unspecified atom stereocenters. The normalized spacial score (nSPS) is 14.5. The SMILES string of the molecule is CCOC(=O)c1c(NC(=O)NN=Cc2ccc3c(c2)OCO3)sc2c1CCCC2. The lowest BCUT2D eigenvalue weighted by atomic mass is 9.95. The standard InChI is InChI=1S/C20H21N3O5S/c1-2-26-19(24)17-13-5-3-4-6-16(13)29-18(17)22-20(25)23-21-10-12-7-8-14-15(9-12)28-11-27-14/h7-10H,2-6,11H2,1H3,(H2,22,23,25). The summed E-state index contributed by atoms with van der Waals surface area (Å²) in [5.41, 5.74) is 4.66. The lowest BCUT2D eigenvalue weighted by Crippen LogP contribution is -2.25. The number of fused-ring (bicyclic) bond motifs is 2. The van der Waals surface area contributed by atoms with Crippen LogP contribution in [-0.2, 0) is 17.6 Å². The molecule has 1 aromatic heterocycles. The van der Waals surface area contributed by atoms with E-state index in [9.17, 15) is 9.59 Å². The fourth-order valence-electron chi connectivity index (χ4n) is 3.36. The molecule has 2 aliphatic rings. The first-order valence-electron chi connectivity index (χ1n) is 9.47. The Labute approximate surface area is 171 Å². The van der Waals surface area contributed by atoms with Gasteiger partial charge in [-0.1, -0.05) is 0 Å². The Balaban J connectivity index is 1.44. The van der Waals surface area contributed by atoms with E-state index in [1.807, 2.05) is 6.07 Å². The first kappa shape index (κ1) is 19.3. The van der Waals surface area contributed by atoms with E-state index in [-0.39, 0.29) is 13.4 Å². The molecule has 29 heavy (non-hydrogen) atoms. The van der Waals surface area contributed by atoms with Crippen LogP contribution in [0.1, 0.15) is 46.1 Å². The van der Waals surface area contributed by atoms with Gasteiger partial charge in [0.25, 0.3) is 0 Å². The molecular weight excluding hydrogens is 394 g/mol. The average Bonchev–Trinajstić information content (AvgIpc) is 3.31. The predicted molar refractivity (Wildman–Crippen MR) is 109 cm³/mol. The van der Waals surface area contributed by atoms with Crippen molar-refractivity contribution in [1.29, 1.82) is 0 Å². The van der Waals surface area contributed by atoms with Crippen molar-refractivity contribution in [2.24, 2.45) is 5.10 Å². The van der Waals surface area contributed by atoms with E-state index >= 15 is 0 Å². The number of ether oxygens (including phenoxy) is 3. The highest BCUT2D eigenvalue weighted by Gasteiger charge is 2.27. The van der Waals surface area contributed by atoms with Crippen molar-refractivity contribution in [3.63, 3.8) is 0 Å². The molecule has 0 atom stereocenters. The monoisotopic (exact) mass is 415 g/mol. The molecule has 0 saturated carbocycles. The minimum atomic E-state index is -0.522. The molecule has 9 heteroatoms. The number of hydrogen-bond acceptors (Lipinski definition) is 7. The number of anilines is 1. The maximum atomic E-state index is 12.4. The summed E-state index contributed by atoms with van der Waals surface area (Å²) in [6.45, 7) is 2.25. The summed E-state index contributed by atoms with van der Waals surface area (Å²) in [7, 11) is 0. The molecule has 2 N–H and O–H groups in total. The van der Waals surface area contributed by atoms with Gasteiger partial charge in [-0.25, -0.2) is 15.0 Å². The van der Waals surface area contributed by atoms with Crippen molar-refractivity contribution in [3.05, 3.63) is 39.8 Å². The van der Waals surface area contributed by atoms with Gasteiger partial charge in [0.05, 0.1) is 18.4 Å². The van der Waals surface area contributed by atoms with Crippen molar-refractivity contribution in [1.82, 2.24) is 5.43 Å². The minimum Gasteiger partial charge on any atom is -0.462 e. The number of nitrogens with one attached hydrogen (secondary N) is 2. The first-order chi connectivity index (χ1) is 14.2. The number of hydrazone groups is 1. The predicted octanol–water partition coefficient (Wildman–Crippen LogP) is 3.69. The number of nitrogens with zero attached hydrogens (tertiary/aromatic N) is 1. The van der Waals surface area contributed by atoms with Gasteiger partial charge in [0.2, 0.25) is 6.79 Å². The van der Waals surface area contributed by atoms with Crippen LogP contribution in [0.25, 0.3) is 0 Å². The van der Waals surface area contributed by atoms with Gasteiger partial charge in [0, 0.05) is 4.88 Å². The molecule has 2 amide bonds. The lowest BCUT2D eigenvalue weighted by Gasteiger charge is -2.12. The highest BCUT2D eigenvalue weighted by atomic mass is 32.1. The Morgan fingerprint density at radius 1 is 1.24 bits per heavy atom. The first-order valence-corrected chi connectivity index (χ1v) is 10.3. The lowest BCUT2D eigenvalue weighted by molar-refractivity contribution is 0.0526. The summed E-state index contributed by atoms with van der Waals surface area (Å²) in [6, 6.07) is 4.84. The van der Waals surface area contributed by atoms with Crippen molar-refractivity contribution >= 4 is 34.6 Å². The van der Waals surface area contributed by atoms with Crippen LogP contribution in [0, 0.1) is 0 Å². The van der Waals surface area contributed by atoms with Crippen LogP contribution in [0.15, 0.2) is 23.3 Å². The Morgan fingerprint density at radius 2 is 2.07 bits per heavy atom. The quantitative estimate of drug-likeness (QED) is 0.441. The Bertz CT molecular complexity index is 969. The zero-order valence-electron chi connectivity index (χ0n) is 15.9. The van der Waals surface area contributed by atoms with Gasteiger partial charge in [-0.2, -0.15) is 5.10 Å². The molecule has 1 aliphatic carbocycles. The highest BCUT2D eigenvalue weighted by molar-refractivity contribution is 7.17. The van der Waals surface area contributed by atoms with E-state index < -0.39 is 12.0 Å². The third kappa shape index (κ3) is 4.19. The van der Waals surface area contributed by atoms with Crippen LogP contribution < -0.4 is 20.2 Å². The summed E-state index contributed by atoms with van der Waals surface area (Å²) in [6.07, 6.45) is 5.36. The number of esters is 1. The van der Waals surface area contributed by atoms with Gasteiger partial charge in [-0.15, -0.1) is 11.3 Å². The smallest absolute Gasteiger partial charge is 0.341 e. The maximum Gasteiger partial charge on any atom is 0.341 e. The molecule has 152 valence electrons. The van der Waals surface area contributed by atoms with Crippen LogP contribution in [0.2, 0.25) is 0 Å². The second-order valence-corrected chi connectivity index (χ2v) is 7.68. The Kier molecular flexibility index (Phi) is 5.66. The van der Waals surface area contributed by atoms with Gasteiger partial charge in [-0.05, 0) is 61.9 Å². The topological polar surface area (TPSA) is 98.2 Å². The minimum absolute atomic E-state index is 0.199. The van der Waals surface area contributed by atoms with Crippen LogP contribution in [0.5, 0.6) is 11.5 Å². The Hall–Kier alpha value is -3.07. The number of aryl methyl sites for hydroxylation is 1. The third-order valence-electron chi connectivity index (χ3n) is 4.65. The van der Waals surface area contributed by atoms with Gasteiger partial charge >= 0.3 is 12.0 Å². The molecular formula is C20H21N3O5S. The number of carbonyl (C=O) groups excluding carboxylic acids is 2. The zero-order chi connectivity index (χ0) is 20.2. The number of rotatable bonds is 5. The number of thiophene rings is 1. The fourth-order valence-corrected chi connectivity index (χ4v) is 4.64. The highest BCUT2D eigenvalue weighted by Crippen LogP contribution is 2.38. The van der Waals surface area contributed by atoms with Gasteiger partial charge in [0.15, 0.2) is 11.5 Å². The molecule has 1 aliphatic heterocycles. The summed E-state index contributed by atoms with van der Waals surface area (Å²) < 4.78 is 15.8. The van der Waals surface area contributed by atoms with Crippen molar-refractivity contribution in [2.75, 3.05) is 18.7 Å². The van der Waals surface area contributed by atoms with Gasteiger partial charge < -0.3 is 14.2 Å². The molecule has 0 bridgehead atoms. The number of amides is 2. The molecule has 2 aromatic rings. The van der Waals surface area contributed by atoms with Crippen LogP contribution in [-0.4, -0.2) is 31.6 Å². The van der Waals surface area contributed by atoms with E-state index in [1.165, 1.54) is 17.6 Å². The molecule has 2 heterocycles. The summed E-state index contributed by atoms with van der Waals surface area (Å²) in [5, 5.41) is 7.21. The van der Waals surface area contributed by atoms with Gasteiger partial charge in [-0.3, -0.25) is 5.32 Å². The Morgan fingerprint density at radius 3 is 2.93 bits per heavy atom. The van der Waals surface area contributed by atoms with Crippen LogP contribution in [0.4, 0.5) is 9.80 Å². The second kappa shape index (κ2) is 8.52. The molecule has 0 fully saturated rings. The maximum absolute atomic E-state index is 12.4. The summed E-state index contributed by atoms with van der Waals surface area (Å²) in [4.78, 5) is 25.9. The molecule has 8 nitrogen and oxygen atoms in total. The summed E-state index contributed by atoms with van der Waals surface area (Å²) >= 11 is 1.43. The van der Waals surface area contributed by atoms with E-state index in [0.29, 0.717) is 22.1 Å². The third-order valence-corrected chi connectivity index (χ3v) is 5.86. The molecule has 0 spiro atoms. The second-order valence-electron chi connectivity index (χ2n) is 6.57. The van der Waals surface area contributed by atoms with Crippen molar-refractivity contribution < 1.29 is 23.8 Å². The largest absolute Gasteiger partial charge is 0.462 e.